The fourth-order valence-corrected chi connectivity index (χ4v) is 4.38. The zero-order chi connectivity index (χ0) is 19.5. The summed E-state index contributed by atoms with van der Waals surface area (Å²) < 4.78 is 30.9. The molecule has 1 aromatic heterocycles. The molecule has 0 aromatic carbocycles. The molecule has 1 aliphatic heterocycles. The van der Waals surface area contributed by atoms with Crippen LogP contribution >= 0.6 is 0 Å². The highest BCUT2D eigenvalue weighted by Crippen LogP contribution is 2.23. The molecule has 0 bridgehead atoms. The Morgan fingerprint density at radius 3 is 2.38 bits per heavy atom. The maximum atomic E-state index is 12.8. The third-order valence-corrected chi connectivity index (χ3v) is 6.62. The van der Waals surface area contributed by atoms with Gasteiger partial charge in [-0.3, -0.25) is 9.59 Å². The molecule has 0 unspecified atom stereocenters. The van der Waals surface area contributed by atoms with E-state index in [9.17, 15) is 23.1 Å². The van der Waals surface area contributed by atoms with Gasteiger partial charge >= 0.3 is 5.97 Å². The van der Waals surface area contributed by atoms with E-state index < -0.39 is 28.4 Å². The van der Waals surface area contributed by atoms with Crippen LogP contribution in [0.2, 0.25) is 0 Å². The highest BCUT2D eigenvalue weighted by Gasteiger charge is 2.34. The Labute approximate surface area is 153 Å². The summed E-state index contributed by atoms with van der Waals surface area (Å²) in [5.41, 5.74) is 0.856. The van der Waals surface area contributed by atoms with Gasteiger partial charge in [0.25, 0.3) is 5.91 Å². The Kier molecular flexibility index (Phi) is 6.46. The standard InChI is InChI=1S/C17H26N2O6S/c1-4-14-12(3)10-15(25-14)17(22)19(11-16(20)21)13-6-8-18(9-7-13)26(23,24)5-2/h10,13H,4-9,11H2,1-3H3,(H,20,21). The van der Waals surface area contributed by atoms with Gasteiger partial charge in [-0.2, -0.15) is 0 Å². The number of aryl methyl sites for hydroxylation is 2. The Bertz CT molecular complexity index is 762. The number of hydrogen-bond donors (Lipinski definition) is 1. The number of carboxylic acids is 1. The van der Waals surface area contributed by atoms with E-state index in [1.54, 1.807) is 13.0 Å². The molecule has 0 spiro atoms. The topological polar surface area (TPSA) is 108 Å². The first kappa shape index (κ1) is 20.4. The highest BCUT2D eigenvalue weighted by molar-refractivity contribution is 7.89. The molecule has 1 fully saturated rings. The number of hydrogen-bond acceptors (Lipinski definition) is 5. The largest absolute Gasteiger partial charge is 0.480 e. The highest BCUT2D eigenvalue weighted by atomic mass is 32.2. The molecule has 146 valence electrons. The van der Waals surface area contributed by atoms with E-state index in [1.165, 1.54) is 9.21 Å². The summed E-state index contributed by atoms with van der Waals surface area (Å²) in [5, 5.41) is 9.20. The van der Waals surface area contributed by atoms with Crippen LogP contribution in [0.4, 0.5) is 0 Å². The molecule has 8 nitrogen and oxygen atoms in total. The molecular formula is C17H26N2O6S. The Balaban J connectivity index is 2.17. The minimum Gasteiger partial charge on any atom is -0.480 e. The predicted octanol–water partition coefficient (Wildman–Crippen LogP) is 1.49. The van der Waals surface area contributed by atoms with Crippen molar-refractivity contribution in [1.82, 2.24) is 9.21 Å². The number of carbonyl (C=O) groups is 2. The van der Waals surface area contributed by atoms with Crippen LogP contribution in [0.5, 0.6) is 0 Å². The maximum Gasteiger partial charge on any atom is 0.323 e. The number of piperidine rings is 1. The van der Waals surface area contributed by atoms with E-state index in [4.69, 9.17) is 4.42 Å². The van der Waals surface area contributed by atoms with Crippen molar-refractivity contribution in [3.63, 3.8) is 0 Å². The third kappa shape index (κ3) is 4.45. The summed E-state index contributed by atoms with van der Waals surface area (Å²) >= 11 is 0. The number of carboxylic acid groups (broad SMARTS) is 1. The predicted molar refractivity (Wildman–Crippen MR) is 95.6 cm³/mol. The van der Waals surface area contributed by atoms with E-state index >= 15 is 0 Å². The molecule has 0 radical (unpaired) electrons. The average molecular weight is 386 g/mol. The van der Waals surface area contributed by atoms with Gasteiger partial charge in [-0.25, -0.2) is 12.7 Å². The van der Waals surface area contributed by atoms with Gasteiger partial charge in [-0.15, -0.1) is 0 Å². The number of aliphatic carboxylic acids is 1. The van der Waals surface area contributed by atoms with E-state index in [-0.39, 0.29) is 30.6 Å². The van der Waals surface area contributed by atoms with Gasteiger partial charge in [0.2, 0.25) is 10.0 Å². The summed E-state index contributed by atoms with van der Waals surface area (Å²) in [6.45, 7) is 5.47. The quantitative estimate of drug-likeness (QED) is 0.761. The average Bonchev–Trinajstić information content (AvgIpc) is 3.00. The molecule has 0 atom stereocenters. The van der Waals surface area contributed by atoms with Crippen LogP contribution in [0, 0.1) is 6.92 Å². The number of furan rings is 1. The maximum absolute atomic E-state index is 12.8. The van der Waals surface area contributed by atoms with Crippen molar-refractivity contribution in [3.05, 3.63) is 23.2 Å². The van der Waals surface area contributed by atoms with Crippen LogP contribution in [0.15, 0.2) is 10.5 Å². The fourth-order valence-electron chi connectivity index (χ4n) is 3.24. The minimum absolute atomic E-state index is 0.0287. The molecule has 0 saturated carbocycles. The number of carbonyl (C=O) groups excluding carboxylic acids is 1. The first-order valence-electron chi connectivity index (χ1n) is 8.79. The molecular weight excluding hydrogens is 360 g/mol. The molecule has 1 N–H and O–H groups in total. The van der Waals surface area contributed by atoms with Crippen LogP contribution in [-0.2, 0) is 21.2 Å². The molecule has 0 aliphatic carbocycles. The smallest absolute Gasteiger partial charge is 0.323 e. The molecule has 9 heteroatoms. The Morgan fingerprint density at radius 2 is 1.92 bits per heavy atom. The monoisotopic (exact) mass is 386 g/mol. The molecule has 26 heavy (non-hydrogen) atoms. The first-order chi connectivity index (χ1) is 12.2. The zero-order valence-electron chi connectivity index (χ0n) is 15.4. The second-order valence-corrected chi connectivity index (χ2v) is 8.69. The van der Waals surface area contributed by atoms with Gasteiger partial charge in [0, 0.05) is 25.6 Å². The normalized spacial score (nSPS) is 16.6. The van der Waals surface area contributed by atoms with Crippen LogP contribution in [-0.4, -0.2) is 66.0 Å². The van der Waals surface area contributed by atoms with Crippen LogP contribution in [0.1, 0.15) is 48.6 Å². The zero-order valence-corrected chi connectivity index (χ0v) is 16.2. The summed E-state index contributed by atoms with van der Waals surface area (Å²) in [6.07, 6.45) is 1.45. The molecule has 2 rings (SSSR count). The third-order valence-electron chi connectivity index (χ3n) is 4.74. The molecule has 1 amide bonds. The summed E-state index contributed by atoms with van der Waals surface area (Å²) in [6, 6.07) is 1.30. The van der Waals surface area contributed by atoms with Crippen molar-refractivity contribution < 1.29 is 27.5 Å². The van der Waals surface area contributed by atoms with Gasteiger partial charge in [0.05, 0.1) is 5.75 Å². The Hall–Kier alpha value is -1.87. The summed E-state index contributed by atoms with van der Waals surface area (Å²) in [4.78, 5) is 25.4. The summed E-state index contributed by atoms with van der Waals surface area (Å²) in [5.74, 6) is -0.717. The molecule has 1 aliphatic rings. The second-order valence-electron chi connectivity index (χ2n) is 6.43. The van der Waals surface area contributed by atoms with Crippen molar-refractivity contribution in [2.75, 3.05) is 25.4 Å². The van der Waals surface area contributed by atoms with E-state index in [0.717, 1.165) is 5.56 Å². The Morgan fingerprint density at radius 1 is 1.31 bits per heavy atom. The molecule has 1 aromatic rings. The summed E-state index contributed by atoms with van der Waals surface area (Å²) in [7, 11) is -3.28. The van der Waals surface area contributed by atoms with Crippen molar-refractivity contribution in [3.8, 4) is 0 Å². The minimum atomic E-state index is -3.28. The van der Waals surface area contributed by atoms with Crippen molar-refractivity contribution in [2.24, 2.45) is 0 Å². The number of sulfonamides is 1. The fraction of sp³-hybridized carbons (Fsp3) is 0.647. The van der Waals surface area contributed by atoms with E-state index in [0.29, 0.717) is 25.0 Å². The number of amides is 1. The first-order valence-corrected chi connectivity index (χ1v) is 10.4. The van der Waals surface area contributed by atoms with Gasteiger partial charge in [-0.1, -0.05) is 6.92 Å². The lowest BCUT2D eigenvalue weighted by Gasteiger charge is -2.36. The van der Waals surface area contributed by atoms with Crippen LogP contribution in [0.25, 0.3) is 0 Å². The van der Waals surface area contributed by atoms with Crippen molar-refractivity contribution in [2.45, 2.75) is 46.1 Å². The number of rotatable bonds is 7. The molecule has 2 heterocycles. The van der Waals surface area contributed by atoms with E-state index in [2.05, 4.69) is 0 Å². The lowest BCUT2D eigenvalue weighted by molar-refractivity contribution is -0.138. The molecule has 1 saturated heterocycles. The van der Waals surface area contributed by atoms with Gasteiger partial charge in [-0.05, 0) is 38.3 Å². The SMILES string of the molecule is CCc1oc(C(=O)N(CC(=O)O)C2CCN(S(=O)(=O)CC)CC2)cc1C. The number of nitrogens with zero attached hydrogens (tertiary/aromatic N) is 2. The lowest BCUT2D eigenvalue weighted by Crippen LogP contribution is -2.50. The van der Waals surface area contributed by atoms with Gasteiger partial charge in [0.1, 0.15) is 12.3 Å². The van der Waals surface area contributed by atoms with Gasteiger partial charge in [0.15, 0.2) is 5.76 Å². The van der Waals surface area contributed by atoms with E-state index in [1.807, 2.05) is 13.8 Å². The van der Waals surface area contributed by atoms with Crippen LogP contribution in [0.3, 0.4) is 0 Å². The lowest BCUT2D eigenvalue weighted by atomic mass is 10.0. The van der Waals surface area contributed by atoms with Gasteiger partial charge < -0.3 is 14.4 Å². The second kappa shape index (κ2) is 8.22. The van der Waals surface area contributed by atoms with Crippen LogP contribution < -0.4 is 0 Å². The van der Waals surface area contributed by atoms with Crippen molar-refractivity contribution >= 4 is 21.9 Å². The van der Waals surface area contributed by atoms with Crippen molar-refractivity contribution in [1.29, 1.82) is 0 Å².